The Bertz CT molecular complexity index is 457. The second-order valence-corrected chi connectivity index (χ2v) is 4.87. The summed E-state index contributed by atoms with van der Waals surface area (Å²) in [5.41, 5.74) is 0.906. The molecule has 1 aromatic heterocycles. The van der Waals surface area contributed by atoms with Gasteiger partial charge in [-0.2, -0.15) is 0 Å². The maximum Gasteiger partial charge on any atom is 0.337 e. The summed E-state index contributed by atoms with van der Waals surface area (Å²) in [5.74, 6) is -1.02. The number of nitrogens with zero attached hydrogens (tertiary/aromatic N) is 2. The Morgan fingerprint density at radius 2 is 2.10 bits per heavy atom. The van der Waals surface area contributed by atoms with Crippen LogP contribution in [0.5, 0.6) is 0 Å². The van der Waals surface area contributed by atoms with Crippen LogP contribution < -0.4 is 5.32 Å². The van der Waals surface area contributed by atoms with Crippen molar-refractivity contribution in [3.63, 3.8) is 0 Å². The Hall–Kier alpha value is -1.95. The number of nitrogens with one attached hydrogen (secondary N) is 1. The molecule has 110 valence electrons. The van der Waals surface area contributed by atoms with E-state index in [0.29, 0.717) is 19.6 Å². The molecule has 6 heteroatoms. The molecule has 0 saturated carbocycles. The standard InChI is InChI=1S/C14H21N3O3/c1-4-17(9-13(18)16-10(2)3)8-12-6-5-11(7-15-12)14(19)20/h5-7,10H,4,8-9H2,1-3H3,(H,16,18)(H,19,20). The first kappa shape index (κ1) is 16.1. The van der Waals surface area contributed by atoms with E-state index >= 15 is 0 Å². The first-order valence-electron chi connectivity index (χ1n) is 6.62. The van der Waals surface area contributed by atoms with Gasteiger partial charge in [-0.1, -0.05) is 6.92 Å². The van der Waals surface area contributed by atoms with E-state index in [0.717, 1.165) is 5.69 Å². The molecule has 1 amide bonds. The van der Waals surface area contributed by atoms with Gasteiger partial charge in [-0.05, 0) is 32.5 Å². The molecule has 1 heterocycles. The van der Waals surface area contributed by atoms with Crippen molar-refractivity contribution in [3.8, 4) is 0 Å². The van der Waals surface area contributed by atoms with Gasteiger partial charge in [0.25, 0.3) is 0 Å². The molecule has 0 saturated heterocycles. The number of carbonyl (C=O) groups is 2. The quantitative estimate of drug-likeness (QED) is 0.781. The van der Waals surface area contributed by atoms with Crippen LogP contribution in [0.2, 0.25) is 0 Å². The van der Waals surface area contributed by atoms with Gasteiger partial charge in [0.15, 0.2) is 0 Å². The molecule has 0 aromatic carbocycles. The van der Waals surface area contributed by atoms with Gasteiger partial charge in [0.2, 0.25) is 5.91 Å². The molecule has 0 radical (unpaired) electrons. The summed E-state index contributed by atoms with van der Waals surface area (Å²) < 4.78 is 0. The minimum atomic E-state index is -0.993. The van der Waals surface area contributed by atoms with Gasteiger partial charge in [-0.25, -0.2) is 4.79 Å². The molecule has 2 N–H and O–H groups in total. The maximum absolute atomic E-state index is 11.7. The van der Waals surface area contributed by atoms with Crippen molar-refractivity contribution < 1.29 is 14.7 Å². The molecule has 0 unspecified atom stereocenters. The predicted molar refractivity (Wildman–Crippen MR) is 75.4 cm³/mol. The first-order chi connectivity index (χ1) is 9.42. The maximum atomic E-state index is 11.7. The average molecular weight is 279 g/mol. The number of hydrogen-bond acceptors (Lipinski definition) is 4. The zero-order valence-corrected chi connectivity index (χ0v) is 12.1. The minimum absolute atomic E-state index is 0.0241. The van der Waals surface area contributed by atoms with Crippen LogP contribution in [0.4, 0.5) is 0 Å². The van der Waals surface area contributed by atoms with Crippen molar-refractivity contribution in [2.45, 2.75) is 33.4 Å². The largest absolute Gasteiger partial charge is 0.478 e. The molecule has 0 aliphatic heterocycles. The summed E-state index contributed by atoms with van der Waals surface area (Å²) in [5, 5.41) is 11.6. The molecule has 1 rings (SSSR count). The molecular weight excluding hydrogens is 258 g/mol. The number of rotatable bonds is 7. The summed E-state index contributed by atoms with van der Waals surface area (Å²) in [4.78, 5) is 28.5. The van der Waals surface area contributed by atoms with E-state index in [1.165, 1.54) is 12.3 Å². The Balaban J connectivity index is 2.59. The van der Waals surface area contributed by atoms with E-state index in [9.17, 15) is 9.59 Å². The molecule has 0 spiro atoms. The van der Waals surface area contributed by atoms with Crippen LogP contribution in [-0.2, 0) is 11.3 Å². The Kier molecular flexibility index (Phi) is 6.11. The number of aromatic carboxylic acids is 1. The second kappa shape index (κ2) is 7.59. The van der Waals surface area contributed by atoms with Crippen molar-refractivity contribution in [2.24, 2.45) is 0 Å². The van der Waals surface area contributed by atoms with Crippen LogP contribution in [0.3, 0.4) is 0 Å². The third kappa shape index (κ3) is 5.36. The van der Waals surface area contributed by atoms with Crippen LogP contribution in [0.15, 0.2) is 18.3 Å². The highest BCUT2D eigenvalue weighted by molar-refractivity contribution is 5.87. The third-order valence-electron chi connectivity index (χ3n) is 2.72. The van der Waals surface area contributed by atoms with Gasteiger partial charge in [0.05, 0.1) is 17.8 Å². The third-order valence-corrected chi connectivity index (χ3v) is 2.72. The number of aromatic nitrogens is 1. The van der Waals surface area contributed by atoms with Crippen molar-refractivity contribution in [1.29, 1.82) is 0 Å². The van der Waals surface area contributed by atoms with Gasteiger partial charge in [0.1, 0.15) is 0 Å². The smallest absolute Gasteiger partial charge is 0.337 e. The van der Waals surface area contributed by atoms with Gasteiger partial charge in [-0.15, -0.1) is 0 Å². The van der Waals surface area contributed by atoms with Gasteiger partial charge >= 0.3 is 5.97 Å². The highest BCUT2D eigenvalue weighted by atomic mass is 16.4. The fourth-order valence-electron chi connectivity index (χ4n) is 1.72. The molecule has 0 fully saturated rings. The second-order valence-electron chi connectivity index (χ2n) is 4.87. The fourth-order valence-corrected chi connectivity index (χ4v) is 1.72. The molecule has 0 atom stereocenters. The molecular formula is C14H21N3O3. The minimum Gasteiger partial charge on any atom is -0.478 e. The van der Waals surface area contributed by atoms with Crippen molar-refractivity contribution in [1.82, 2.24) is 15.2 Å². The van der Waals surface area contributed by atoms with E-state index < -0.39 is 5.97 Å². The lowest BCUT2D eigenvalue weighted by Gasteiger charge is -2.20. The lowest BCUT2D eigenvalue weighted by Crippen LogP contribution is -2.39. The van der Waals surface area contributed by atoms with Crippen molar-refractivity contribution >= 4 is 11.9 Å². The highest BCUT2D eigenvalue weighted by Gasteiger charge is 2.11. The normalized spacial score (nSPS) is 10.8. The zero-order valence-electron chi connectivity index (χ0n) is 12.1. The van der Waals surface area contributed by atoms with Crippen LogP contribution >= 0.6 is 0 Å². The number of hydrogen-bond donors (Lipinski definition) is 2. The number of carboxylic acids is 1. The van der Waals surface area contributed by atoms with Gasteiger partial charge in [-0.3, -0.25) is 14.7 Å². The van der Waals surface area contributed by atoms with Gasteiger partial charge < -0.3 is 10.4 Å². The van der Waals surface area contributed by atoms with E-state index in [4.69, 9.17) is 5.11 Å². The number of carboxylic acid groups (broad SMARTS) is 1. The molecule has 0 aliphatic carbocycles. The van der Waals surface area contributed by atoms with Crippen molar-refractivity contribution in [3.05, 3.63) is 29.6 Å². The SMILES string of the molecule is CCN(CC(=O)NC(C)C)Cc1ccc(C(=O)O)cn1. The van der Waals surface area contributed by atoms with Crippen molar-refractivity contribution in [2.75, 3.05) is 13.1 Å². The molecule has 0 bridgehead atoms. The Morgan fingerprint density at radius 3 is 2.55 bits per heavy atom. The summed E-state index contributed by atoms with van der Waals surface area (Å²) in [6.07, 6.45) is 1.33. The van der Waals surface area contributed by atoms with Crippen LogP contribution in [0.25, 0.3) is 0 Å². The zero-order chi connectivity index (χ0) is 15.1. The highest BCUT2D eigenvalue weighted by Crippen LogP contribution is 2.04. The monoisotopic (exact) mass is 279 g/mol. The number of likely N-dealkylation sites (N-methyl/N-ethyl adjacent to an activating group) is 1. The number of pyridine rings is 1. The van der Waals surface area contributed by atoms with Crippen LogP contribution in [-0.4, -0.2) is 46.0 Å². The number of carbonyl (C=O) groups excluding carboxylic acids is 1. The summed E-state index contributed by atoms with van der Waals surface area (Å²) in [7, 11) is 0. The summed E-state index contributed by atoms with van der Waals surface area (Å²) in [6.45, 7) is 7.34. The van der Waals surface area contributed by atoms with E-state index in [-0.39, 0.29) is 17.5 Å². The first-order valence-corrected chi connectivity index (χ1v) is 6.62. The average Bonchev–Trinajstić information content (AvgIpc) is 2.37. The lowest BCUT2D eigenvalue weighted by atomic mass is 10.2. The number of amides is 1. The molecule has 6 nitrogen and oxygen atoms in total. The van der Waals surface area contributed by atoms with Crippen LogP contribution in [0, 0.1) is 0 Å². The predicted octanol–water partition coefficient (Wildman–Crippen LogP) is 1.13. The lowest BCUT2D eigenvalue weighted by molar-refractivity contribution is -0.122. The fraction of sp³-hybridized carbons (Fsp3) is 0.500. The van der Waals surface area contributed by atoms with E-state index in [1.807, 2.05) is 25.7 Å². The summed E-state index contributed by atoms with van der Waals surface area (Å²) in [6, 6.07) is 3.31. The van der Waals surface area contributed by atoms with E-state index in [2.05, 4.69) is 10.3 Å². The Morgan fingerprint density at radius 1 is 1.40 bits per heavy atom. The topological polar surface area (TPSA) is 82.5 Å². The Labute approximate surface area is 118 Å². The molecule has 0 aliphatic rings. The molecule has 20 heavy (non-hydrogen) atoms. The van der Waals surface area contributed by atoms with Gasteiger partial charge in [0, 0.05) is 18.8 Å². The van der Waals surface area contributed by atoms with E-state index in [1.54, 1.807) is 6.07 Å². The summed E-state index contributed by atoms with van der Waals surface area (Å²) >= 11 is 0. The molecule has 1 aromatic rings. The van der Waals surface area contributed by atoms with Crippen LogP contribution in [0.1, 0.15) is 36.8 Å².